The molecule has 0 bridgehead atoms. The van der Waals surface area contributed by atoms with Crippen LogP contribution in [0.3, 0.4) is 0 Å². The van der Waals surface area contributed by atoms with Crippen LogP contribution in [0.15, 0.2) is 128 Å². The van der Waals surface area contributed by atoms with E-state index in [4.69, 9.17) is 0 Å². The highest BCUT2D eigenvalue weighted by Crippen LogP contribution is 2.55. The first-order chi connectivity index (χ1) is 31.8. The third-order valence-corrected chi connectivity index (χ3v) is 15.2. The summed E-state index contributed by atoms with van der Waals surface area (Å²) in [6, 6.07) is 36.9. The molecule has 6 nitrogen and oxygen atoms in total. The van der Waals surface area contributed by atoms with Crippen molar-refractivity contribution in [1.29, 1.82) is 0 Å². The first kappa shape index (κ1) is 39.0. The largest absolute Gasteiger partial charge is 0.268 e. The maximum atomic E-state index is 15.6. The van der Waals surface area contributed by atoms with Gasteiger partial charge in [-0.15, -0.1) is 0 Å². The van der Waals surface area contributed by atoms with Crippen molar-refractivity contribution in [2.45, 2.75) is 79.1 Å². The highest BCUT2D eigenvalue weighted by Gasteiger charge is 2.32. The number of aromatic nitrogens is 2. The van der Waals surface area contributed by atoms with Gasteiger partial charge in [0, 0.05) is 43.1 Å². The number of nitrogens with zero attached hydrogens (tertiary/aromatic N) is 2. The van der Waals surface area contributed by atoms with E-state index in [9.17, 15) is 0 Å². The van der Waals surface area contributed by atoms with Crippen molar-refractivity contribution in [1.82, 2.24) is 9.13 Å². The van der Waals surface area contributed by atoms with Gasteiger partial charge in [-0.05, 0) is 135 Å². The summed E-state index contributed by atoms with van der Waals surface area (Å²) in [4.78, 5) is 62.4. The minimum absolute atomic E-state index is 0.0561. The molecule has 0 aliphatic heterocycles. The van der Waals surface area contributed by atoms with Crippen molar-refractivity contribution >= 4 is 108 Å². The van der Waals surface area contributed by atoms with Gasteiger partial charge in [-0.25, -0.2) is 9.13 Å². The molecular formula is C60H46N2O4. The molecule has 0 aliphatic rings. The molecule has 2 aromatic heterocycles. The fourth-order valence-corrected chi connectivity index (χ4v) is 12.4. The van der Waals surface area contributed by atoms with E-state index in [0.29, 0.717) is 43.7 Å². The standard InChI is InChI=1S/C60H46N2O4/c1-27(2)31-19-13-20-32(28(3)4)55(31)61-57(63)43-23-39-35-15-9-11-17-37(35)41-25-45-48-46(60(66)62(59(45)65)56-33(29(5)6)21-14-22-34(56)30(7)8)26-42-38-18-12-10-16-36(38)40-24-44(58(61)64)47(43)53-49(39)51(41)54(48)52(42)50(40)53/h9-30H,1-8H3. The van der Waals surface area contributed by atoms with E-state index in [1.807, 2.05) is 84.9 Å². The highest BCUT2D eigenvalue weighted by atomic mass is 16.2. The Balaban J connectivity index is 1.35. The van der Waals surface area contributed by atoms with Crippen LogP contribution < -0.4 is 22.2 Å². The lowest BCUT2D eigenvalue weighted by Crippen LogP contribution is -2.34. The molecule has 0 spiro atoms. The normalized spacial score (nSPS) is 13.0. The van der Waals surface area contributed by atoms with E-state index in [1.54, 1.807) is 0 Å². The number of benzene rings is 11. The van der Waals surface area contributed by atoms with Gasteiger partial charge in [0.2, 0.25) is 0 Å². The summed E-state index contributed by atoms with van der Waals surface area (Å²) >= 11 is 0. The molecule has 0 N–H and O–H groups in total. The van der Waals surface area contributed by atoms with Gasteiger partial charge in [0.15, 0.2) is 0 Å². The molecule has 0 unspecified atom stereocenters. The lowest BCUT2D eigenvalue weighted by molar-refractivity contribution is 0.792. The molecule has 11 aromatic carbocycles. The smallest absolute Gasteiger partial charge is 0.266 e. The summed E-state index contributed by atoms with van der Waals surface area (Å²) in [6.07, 6.45) is 0. The number of pyridine rings is 2. The van der Waals surface area contributed by atoms with Gasteiger partial charge in [0.1, 0.15) is 0 Å². The molecule has 0 amide bonds. The van der Waals surface area contributed by atoms with E-state index >= 15 is 19.2 Å². The molecule has 0 saturated carbocycles. The molecule has 2 heterocycles. The first-order valence-corrected chi connectivity index (χ1v) is 23.4. The summed E-state index contributed by atoms with van der Waals surface area (Å²) in [5.74, 6) is 0.225. The Morgan fingerprint density at radius 3 is 0.742 bits per heavy atom. The fraction of sp³-hybridized carbons (Fsp3) is 0.200. The van der Waals surface area contributed by atoms with E-state index in [1.165, 1.54) is 9.13 Å². The summed E-state index contributed by atoms with van der Waals surface area (Å²) < 4.78 is 2.94. The second-order valence-corrected chi connectivity index (χ2v) is 20.1. The van der Waals surface area contributed by atoms with Crippen molar-refractivity contribution in [3.63, 3.8) is 0 Å². The van der Waals surface area contributed by atoms with Crippen LogP contribution in [0.25, 0.3) is 119 Å². The van der Waals surface area contributed by atoms with E-state index < -0.39 is 0 Å². The van der Waals surface area contributed by atoms with Gasteiger partial charge in [0.25, 0.3) is 22.2 Å². The van der Waals surface area contributed by atoms with Crippen LogP contribution in [0, 0.1) is 0 Å². The van der Waals surface area contributed by atoms with Gasteiger partial charge in [-0.2, -0.15) is 0 Å². The molecule has 66 heavy (non-hydrogen) atoms. The van der Waals surface area contributed by atoms with Crippen molar-refractivity contribution in [2.75, 3.05) is 0 Å². The Kier molecular flexibility index (Phi) is 7.73. The van der Waals surface area contributed by atoms with Crippen molar-refractivity contribution in [3.05, 3.63) is 173 Å². The topological polar surface area (TPSA) is 78.1 Å². The molecule has 320 valence electrons. The molecule has 13 aromatic rings. The molecule has 0 atom stereocenters. The molecular weight excluding hydrogens is 813 g/mol. The number of hydrogen-bond acceptors (Lipinski definition) is 4. The Hall–Kier alpha value is -7.44. The maximum Gasteiger partial charge on any atom is 0.266 e. The third-order valence-electron chi connectivity index (χ3n) is 15.2. The predicted octanol–water partition coefficient (Wildman–Crippen LogP) is 13.9. The van der Waals surface area contributed by atoms with Crippen LogP contribution in [0.4, 0.5) is 0 Å². The van der Waals surface area contributed by atoms with Crippen LogP contribution in [0.2, 0.25) is 0 Å². The number of para-hydroxylation sites is 2. The van der Waals surface area contributed by atoms with Gasteiger partial charge in [0.05, 0.1) is 11.4 Å². The molecule has 0 radical (unpaired) electrons. The summed E-state index contributed by atoms with van der Waals surface area (Å²) in [5.41, 5.74) is 3.83. The van der Waals surface area contributed by atoms with Crippen LogP contribution >= 0.6 is 0 Å². The Bertz CT molecular complexity index is 3940. The summed E-state index contributed by atoms with van der Waals surface area (Å²) in [5, 5.41) is 16.2. The molecule has 6 heteroatoms. The van der Waals surface area contributed by atoms with Gasteiger partial charge in [-0.3, -0.25) is 19.2 Å². The van der Waals surface area contributed by atoms with Crippen LogP contribution in [0.1, 0.15) is 101 Å². The fourth-order valence-electron chi connectivity index (χ4n) is 12.4. The van der Waals surface area contributed by atoms with Crippen LogP contribution in [0.5, 0.6) is 0 Å². The Labute approximate surface area is 378 Å². The Morgan fingerprint density at radius 2 is 0.515 bits per heavy atom. The second-order valence-electron chi connectivity index (χ2n) is 20.1. The van der Waals surface area contributed by atoms with Crippen molar-refractivity contribution in [3.8, 4) is 11.4 Å². The van der Waals surface area contributed by atoms with E-state index in [0.717, 1.165) is 97.7 Å². The summed E-state index contributed by atoms with van der Waals surface area (Å²) in [7, 11) is 0. The quantitative estimate of drug-likeness (QED) is 0.123. The van der Waals surface area contributed by atoms with E-state index in [2.05, 4.69) is 79.7 Å². The lowest BCUT2D eigenvalue weighted by Gasteiger charge is -2.27. The van der Waals surface area contributed by atoms with Crippen LogP contribution in [-0.2, 0) is 0 Å². The average molecular weight is 859 g/mol. The number of fused-ring (bicyclic) bond motifs is 6. The average Bonchev–Trinajstić information content (AvgIpc) is 3.31. The zero-order valence-electron chi connectivity index (χ0n) is 38.2. The van der Waals surface area contributed by atoms with Crippen molar-refractivity contribution < 1.29 is 0 Å². The van der Waals surface area contributed by atoms with Crippen molar-refractivity contribution in [2.24, 2.45) is 0 Å². The highest BCUT2D eigenvalue weighted by molar-refractivity contribution is 6.54. The number of hydrogen-bond donors (Lipinski definition) is 0. The van der Waals surface area contributed by atoms with Crippen LogP contribution in [-0.4, -0.2) is 9.13 Å². The minimum atomic E-state index is -0.334. The molecule has 0 fully saturated rings. The van der Waals surface area contributed by atoms with E-state index in [-0.39, 0.29) is 45.9 Å². The molecule has 0 saturated heterocycles. The monoisotopic (exact) mass is 858 g/mol. The molecule has 0 aliphatic carbocycles. The zero-order valence-corrected chi connectivity index (χ0v) is 38.2. The lowest BCUT2D eigenvalue weighted by atomic mass is 9.77. The number of rotatable bonds is 6. The van der Waals surface area contributed by atoms with Gasteiger partial charge in [-0.1, -0.05) is 140 Å². The maximum absolute atomic E-state index is 15.6. The third kappa shape index (κ3) is 4.61. The van der Waals surface area contributed by atoms with Gasteiger partial charge >= 0.3 is 0 Å². The van der Waals surface area contributed by atoms with Gasteiger partial charge < -0.3 is 0 Å². The zero-order chi connectivity index (χ0) is 45.5. The Morgan fingerprint density at radius 1 is 0.273 bits per heavy atom. The summed E-state index contributed by atoms with van der Waals surface area (Å²) in [6.45, 7) is 16.9. The molecule has 13 rings (SSSR count). The first-order valence-electron chi connectivity index (χ1n) is 23.4. The predicted molar refractivity (Wildman–Crippen MR) is 278 cm³/mol. The minimum Gasteiger partial charge on any atom is -0.268 e. The SMILES string of the molecule is CC(C)c1cccc(C(C)C)c1-n1c(=O)c2cc3c4ccccc4c4cc5c(=O)n(-c6c(C(C)C)cccc6C(C)C)c(=O)c6cc7c8ccccc8c8cc(c1=O)c2c1c3c4c(c56)c7c81. The second kappa shape index (κ2) is 13.1.